The first-order valence-electron chi connectivity index (χ1n) is 6.53. The van der Waals surface area contributed by atoms with E-state index in [2.05, 4.69) is 21.2 Å². The van der Waals surface area contributed by atoms with Gasteiger partial charge in [0.2, 0.25) is 0 Å². The monoisotopic (exact) mass is 355 g/mol. The predicted octanol–water partition coefficient (Wildman–Crippen LogP) is 5.13. The van der Waals surface area contributed by atoms with Crippen molar-refractivity contribution >= 4 is 27.5 Å². The standard InChI is InChI=1S/C16H16BrClFN/c1-2-20-15(10-11-6-8-12(17)9-7-11)13-4-3-5-14(18)16(13)19/h3-9,15,20H,2,10H2,1H3. The number of hydrogen-bond donors (Lipinski definition) is 1. The second-order valence-electron chi connectivity index (χ2n) is 4.58. The van der Waals surface area contributed by atoms with Gasteiger partial charge in [0.1, 0.15) is 5.82 Å². The molecule has 2 rings (SSSR count). The second-order valence-corrected chi connectivity index (χ2v) is 5.91. The van der Waals surface area contributed by atoms with Gasteiger partial charge in [0, 0.05) is 16.1 Å². The highest BCUT2D eigenvalue weighted by atomic mass is 79.9. The van der Waals surface area contributed by atoms with Gasteiger partial charge in [0.25, 0.3) is 0 Å². The lowest BCUT2D eigenvalue weighted by atomic mass is 9.98. The third-order valence-corrected chi connectivity index (χ3v) is 3.98. The van der Waals surface area contributed by atoms with E-state index in [0.29, 0.717) is 5.56 Å². The van der Waals surface area contributed by atoms with Crippen LogP contribution in [0.1, 0.15) is 24.1 Å². The van der Waals surface area contributed by atoms with Gasteiger partial charge >= 0.3 is 0 Å². The van der Waals surface area contributed by atoms with E-state index in [-0.39, 0.29) is 16.9 Å². The Labute approximate surface area is 132 Å². The lowest BCUT2D eigenvalue weighted by Crippen LogP contribution is -2.24. The van der Waals surface area contributed by atoms with E-state index in [4.69, 9.17) is 11.6 Å². The van der Waals surface area contributed by atoms with Crippen LogP contribution in [0.5, 0.6) is 0 Å². The van der Waals surface area contributed by atoms with Gasteiger partial charge in [-0.3, -0.25) is 0 Å². The molecule has 0 aliphatic rings. The summed E-state index contributed by atoms with van der Waals surface area (Å²) >= 11 is 9.29. The van der Waals surface area contributed by atoms with E-state index < -0.39 is 0 Å². The average molecular weight is 357 g/mol. The molecule has 1 unspecified atom stereocenters. The fraction of sp³-hybridized carbons (Fsp3) is 0.250. The molecule has 0 fully saturated rings. The number of hydrogen-bond acceptors (Lipinski definition) is 1. The van der Waals surface area contributed by atoms with Crippen LogP contribution in [0.25, 0.3) is 0 Å². The van der Waals surface area contributed by atoms with Crippen molar-refractivity contribution < 1.29 is 4.39 Å². The van der Waals surface area contributed by atoms with Crippen LogP contribution >= 0.6 is 27.5 Å². The van der Waals surface area contributed by atoms with Crippen molar-refractivity contribution in [1.82, 2.24) is 5.32 Å². The van der Waals surface area contributed by atoms with Crippen LogP contribution in [0.3, 0.4) is 0 Å². The smallest absolute Gasteiger partial charge is 0.146 e. The Morgan fingerprint density at radius 3 is 2.55 bits per heavy atom. The molecular weight excluding hydrogens is 341 g/mol. The zero-order valence-corrected chi connectivity index (χ0v) is 13.5. The quantitative estimate of drug-likeness (QED) is 0.782. The van der Waals surface area contributed by atoms with Gasteiger partial charge in [-0.15, -0.1) is 0 Å². The van der Waals surface area contributed by atoms with Crippen molar-refractivity contribution in [1.29, 1.82) is 0 Å². The molecule has 0 aromatic heterocycles. The van der Waals surface area contributed by atoms with Gasteiger partial charge in [0.15, 0.2) is 0 Å². The molecule has 0 saturated heterocycles. The highest BCUT2D eigenvalue weighted by Gasteiger charge is 2.17. The Balaban J connectivity index is 2.26. The molecule has 106 valence electrons. The summed E-state index contributed by atoms with van der Waals surface area (Å²) in [5, 5.41) is 3.49. The molecule has 0 aliphatic heterocycles. The van der Waals surface area contributed by atoms with Crippen molar-refractivity contribution in [2.75, 3.05) is 6.54 Å². The zero-order valence-electron chi connectivity index (χ0n) is 11.2. The number of halogens is 3. The van der Waals surface area contributed by atoms with Gasteiger partial charge < -0.3 is 5.32 Å². The molecule has 0 saturated carbocycles. The summed E-state index contributed by atoms with van der Waals surface area (Å²) in [6, 6.07) is 13.1. The van der Waals surface area contributed by atoms with Crippen molar-refractivity contribution in [3.63, 3.8) is 0 Å². The SMILES string of the molecule is CCNC(Cc1ccc(Br)cc1)c1cccc(Cl)c1F. The van der Waals surface area contributed by atoms with Gasteiger partial charge in [-0.25, -0.2) is 4.39 Å². The fourth-order valence-corrected chi connectivity index (χ4v) is 2.63. The van der Waals surface area contributed by atoms with Gasteiger partial charge in [0.05, 0.1) is 5.02 Å². The summed E-state index contributed by atoms with van der Waals surface area (Å²) < 4.78 is 15.2. The van der Waals surface area contributed by atoms with Crippen molar-refractivity contribution in [2.45, 2.75) is 19.4 Å². The predicted molar refractivity (Wildman–Crippen MR) is 85.7 cm³/mol. The first kappa shape index (κ1) is 15.5. The normalized spacial score (nSPS) is 12.4. The largest absolute Gasteiger partial charge is 0.310 e. The summed E-state index contributed by atoms with van der Waals surface area (Å²) in [4.78, 5) is 0. The van der Waals surface area contributed by atoms with Crippen LogP contribution in [0.2, 0.25) is 5.02 Å². The van der Waals surface area contributed by atoms with Crippen LogP contribution in [-0.4, -0.2) is 6.54 Å². The summed E-state index contributed by atoms with van der Waals surface area (Å²) in [6.07, 6.45) is 0.721. The highest BCUT2D eigenvalue weighted by Crippen LogP contribution is 2.26. The van der Waals surface area contributed by atoms with Gasteiger partial charge in [-0.2, -0.15) is 0 Å². The Hall–Kier alpha value is -0.900. The summed E-state index contributed by atoms with van der Waals surface area (Å²) in [5.74, 6) is -0.336. The van der Waals surface area contributed by atoms with E-state index >= 15 is 0 Å². The molecule has 1 atom stereocenters. The number of rotatable bonds is 5. The lowest BCUT2D eigenvalue weighted by molar-refractivity contribution is 0.510. The number of likely N-dealkylation sites (N-methyl/N-ethyl adjacent to an activating group) is 1. The Morgan fingerprint density at radius 2 is 1.90 bits per heavy atom. The minimum atomic E-state index is -0.336. The van der Waals surface area contributed by atoms with E-state index in [9.17, 15) is 4.39 Å². The molecule has 1 N–H and O–H groups in total. The molecule has 0 amide bonds. The lowest BCUT2D eigenvalue weighted by Gasteiger charge is -2.19. The molecule has 4 heteroatoms. The first-order chi connectivity index (χ1) is 9.61. The van der Waals surface area contributed by atoms with E-state index in [1.54, 1.807) is 18.2 Å². The minimum Gasteiger partial charge on any atom is -0.310 e. The van der Waals surface area contributed by atoms with Crippen LogP contribution in [0.4, 0.5) is 4.39 Å². The number of nitrogens with one attached hydrogen (secondary N) is 1. The molecule has 0 radical (unpaired) electrons. The number of benzene rings is 2. The maximum atomic E-state index is 14.2. The topological polar surface area (TPSA) is 12.0 Å². The van der Waals surface area contributed by atoms with E-state index in [1.807, 2.05) is 31.2 Å². The molecule has 2 aromatic rings. The summed E-state index contributed by atoms with van der Waals surface area (Å²) in [6.45, 7) is 2.78. The molecular formula is C16H16BrClFN. The molecule has 1 nitrogen and oxygen atoms in total. The van der Waals surface area contributed by atoms with Crippen molar-refractivity contribution in [2.24, 2.45) is 0 Å². The van der Waals surface area contributed by atoms with Crippen LogP contribution in [0, 0.1) is 5.82 Å². The van der Waals surface area contributed by atoms with E-state index in [1.165, 1.54) is 0 Å². The summed E-state index contributed by atoms with van der Waals surface area (Å²) in [5.41, 5.74) is 1.76. The molecule has 0 bridgehead atoms. The Bertz CT molecular complexity index is 571. The minimum absolute atomic E-state index is 0.0834. The second kappa shape index (κ2) is 7.21. The molecule has 0 heterocycles. The molecule has 20 heavy (non-hydrogen) atoms. The third kappa shape index (κ3) is 3.81. The van der Waals surface area contributed by atoms with Gasteiger partial charge in [-0.1, -0.05) is 58.7 Å². The van der Waals surface area contributed by atoms with Gasteiger partial charge in [-0.05, 0) is 36.7 Å². The fourth-order valence-electron chi connectivity index (χ4n) is 2.18. The maximum Gasteiger partial charge on any atom is 0.146 e. The maximum absolute atomic E-state index is 14.2. The van der Waals surface area contributed by atoms with Crippen LogP contribution in [-0.2, 0) is 6.42 Å². The van der Waals surface area contributed by atoms with Crippen molar-refractivity contribution in [3.05, 3.63) is 68.9 Å². The van der Waals surface area contributed by atoms with E-state index in [0.717, 1.165) is 23.0 Å². The first-order valence-corrected chi connectivity index (χ1v) is 7.70. The Morgan fingerprint density at radius 1 is 1.20 bits per heavy atom. The van der Waals surface area contributed by atoms with Crippen LogP contribution < -0.4 is 5.32 Å². The molecule has 2 aromatic carbocycles. The van der Waals surface area contributed by atoms with Crippen LogP contribution in [0.15, 0.2) is 46.9 Å². The average Bonchev–Trinajstić information content (AvgIpc) is 2.44. The Kier molecular flexibility index (Phi) is 5.58. The van der Waals surface area contributed by atoms with Crippen molar-refractivity contribution in [3.8, 4) is 0 Å². The highest BCUT2D eigenvalue weighted by molar-refractivity contribution is 9.10. The summed E-state index contributed by atoms with van der Waals surface area (Å²) in [7, 11) is 0. The molecule has 0 aliphatic carbocycles. The zero-order chi connectivity index (χ0) is 14.5. The third-order valence-electron chi connectivity index (χ3n) is 3.16. The molecule has 0 spiro atoms.